The van der Waals surface area contributed by atoms with Crippen molar-refractivity contribution in [1.82, 2.24) is 15.5 Å². The Hall–Kier alpha value is -2.70. The number of aromatic nitrogens is 2. The number of nitrogen functional groups attached to an aromatic ring is 1. The number of hydrogen-bond donors (Lipinski definition) is 5. The van der Waals surface area contributed by atoms with Crippen LogP contribution in [0.2, 0.25) is 0 Å². The van der Waals surface area contributed by atoms with Crippen molar-refractivity contribution in [1.29, 1.82) is 0 Å². The van der Waals surface area contributed by atoms with Crippen LogP contribution < -0.4 is 16.8 Å². The second-order valence-corrected chi connectivity index (χ2v) is 3.82. The number of primary amides is 1. The third-order valence-electron chi connectivity index (χ3n) is 2.46. The van der Waals surface area contributed by atoms with Crippen molar-refractivity contribution < 1.29 is 9.59 Å². The minimum atomic E-state index is -0.848. The van der Waals surface area contributed by atoms with Crippen LogP contribution in [0, 0.1) is 0 Å². The molecule has 0 aliphatic carbocycles. The van der Waals surface area contributed by atoms with E-state index in [0.29, 0.717) is 5.82 Å². The summed E-state index contributed by atoms with van der Waals surface area (Å²) in [5.41, 5.74) is 13.0. The molecule has 0 bridgehead atoms. The molecule has 18 heavy (non-hydrogen) atoms. The first-order chi connectivity index (χ1) is 8.56. The average Bonchev–Trinajstić information content (AvgIpc) is 2.28. The number of carbonyl (C=O) groups excluding carboxylic acids is 2. The highest BCUT2D eigenvalue weighted by molar-refractivity contribution is 5.94. The number of imide groups is 1. The quantitative estimate of drug-likeness (QED) is 0.535. The Morgan fingerprint density at radius 1 is 1.17 bits per heavy atom. The number of nitrogens with two attached hydrogens (primary N) is 2. The second-order valence-electron chi connectivity index (χ2n) is 3.82. The van der Waals surface area contributed by atoms with Crippen LogP contribution in [0.4, 0.5) is 10.6 Å². The fraction of sp³-hybridized carbons (Fsp3) is 0.0909. The van der Waals surface area contributed by atoms with E-state index in [2.05, 4.69) is 10.2 Å². The van der Waals surface area contributed by atoms with Gasteiger partial charge in [-0.15, -0.1) is 0 Å². The summed E-state index contributed by atoms with van der Waals surface area (Å²) in [7, 11) is 0. The van der Waals surface area contributed by atoms with Crippen molar-refractivity contribution in [2.24, 2.45) is 5.73 Å². The summed E-state index contributed by atoms with van der Waals surface area (Å²) in [6, 6.07) is 6.40. The molecule has 0 saturated carbocycles. The van der Waals surface area contributed by atoms with Gasteiger partial charge in [0.05, 0.1) is 6.42 Å². The summed E-state index contributed by atoms with van der Waals surface area (Å²) in [5, 5.41) is 7.59. The maximum atomic E-state index is 11.3. The zero-order chi connectivity index (χ0) is 13.1. The molecular weight excluding hydrogens is 234 g/mol. The minimum absolute atomic E-state index is 0.101. The van der Waals surface area contributed by atoms with Crippen LogP contribution in [-0.4, -0.2) is 22.1 Å². The van der Waals surface area contributed by atoms with E-state index in [0.717, 1.165) is 16.8 Å². The molecule has 0 aliphatic heterocycles. The van der Waals surface area contributed by atoms with Gasteiger partial charge >= 0.3 is 6.03 Å². The van der Waals surface area contributed by atoms with Crippen molar-refractivity contribution >= 4 is 17.8 Å². The number of hydrogen-bond acceptors (Lipinski definition) is 3. The smallest absolute Gasteiger partial charge is 0.318 e. The van der Waals surface area contributed by atoms with Gasteiger partial charge in [-0.2, -0.15) is 0 Å². The van der Waals surface area contributed by atoms with E-state index in [4.69, 9.17) is 11.5 Å². The van der Waals surface area contributed by atoms with Crippen molar-refractivity contribution in [2.75, 3.05) is 5.73 Å². The number of amides is 3. The van der Waals surface area contributed by atoms with Gasteiger partial charge in [-0.3, -0.25) is 20.3 Å². The maximum absolute atomic E-state index is 11.3. The lowest BCUT2D eigenvalue weighted by atomic mass is 10.1. The van der Waals surface area contributed by atoms with Gasteiger partial charge in [0.15, 0.2) is 0 Å². The molecule has 94 valence electrons. The van der Waals surface area contributed by atoms with Gasteiger partial charge in [-0.05, 0) is 5.56 Å². The number of aromatic amines is 2. The summed E-state index contributed by atoms with van der Waals surface area (Å²) in [4.78, 5) is 21.8. The Labute approximate surface area is 103 Å². The van der Waals surface area contributed by atoms with Gasteiger partial charge in [-0.25, -0.2) is 4.79 Å². The molecule has 7 nitrogen and oxygen atoms in total. The number of nitrogens with one attached hydrogen (secondary N) is 3. The molecule has 0 spiro atoms. The molecule has 0 fully saturated rings. The van der Waals surface area contributed by atoms with E-state index in [-0.39, 0.29) is 6.42 Å². The molecule has 0 radical (unpaired) electrons. The molecule has 1 heterocycles. The van der Waals surface area contributed by atoms with E-state index in [9.17, 15) is 9.59 Å². The number of carbonyl (C=O) groups is 2. The lowest BCUT2D eigenvalue weighted by Gasteiger charge is -2.10. The monoisotopic (exact) mass is 247 g/mol. The maximum Gasteiger partial charge on any atom is 0.318 e. The predicted molar refractivity (Wildman–Crippen MR) is 66.4 cm³/mol. The minimum Gasteiger partial charge on any atom is -0.382 e. The van der Waals surface area contributed by atoms with E-state index in [1.165, 1.54) is 0 Å². The Morgan fingerprint density at radius 3 is 2.28 bits per heavy atom. The highest BCUT2D eigenvalue weighted by Crippen LogP contribution is 2.23. The van der Waals surface area contributed by atoms with Gasteiger partial charge in [0.2, 0.25) is 5.91 Å². The summed E-state index contributed by atoms with van der Waals surface area (Å²) < 4.78 is 0. The number of benzene rings is 1. The Kier molecular flexibility index (Phi) is 3.05. The van der Waals surface area contributed by atoms with E-state index in [1.54, 1.807) is 12.1 Å². The molecular formula is C11H13N5O2. The van der Waals surface area contributed by atoms with Gasteiger partial charge in [-0.1, -0.05) is 24.3 Å². The Bertz CT molecular complexity index is 567. The predicted octanol–water partition coefficient (Wildman–Crippen LogP) is 0.329. The van der Waals surface area contributed by atoms with Crippen LogP contribution in [0.5, 0.6) is 0 Å². The lowest BCUT2D eigenvalue weighted by molar-refractivity contribution is -0.119. The molecule has 1 aromatic heterocycles. The van der Waals surface area contributed by atoms with Crippen molar-refractivity contribution in [2.45, 2.75) is 6.42 Å². The first-order valence-electron chi connectivity index (χ1n) is 5.26. The van der Waals surface area contributed by atoms with Crippen LogP contribution in [0.15, 0.2) is 24.3 Å². The van der Waals surface area contributed by atoms with Gasteiger partial charge in [0.25, 0.3) is 0 Å². The summed E-state index contributed by atoms with van der Waals surface area (Å²) in [6.07, 6.45) is 0.101. The number of H-pyrrole nitrogens is 2. The van der Waals surface area contributed by atoms with Crippen LogP contribution in [0.3, 0.4) is 0 Å². The molecule has 0 aliphatic rings. The van der Waals surface area contributed by atoms with Crippen LogP contribution in [-0.2, 0) is 11.2 Å². The van der Waals surface area contributed by atoms with Gasteiger partial charge in [0.1, 0.15) is 11.5 Å². The molecule has 7 N–H and O–H groups in total. The fourth-order valence-electron chi connectivity index (χ4n) is 1.58. The molecule has 0 atom stereocenters. The fourth-order valence-corrected chi connectivity index (χ4v) is 1.58. The van der Waals surface area contributed by atoms with Crippen molar-refractivity contribution in [3.8, 4) is 11.3 Å². The average molecular weight is 247 g/mol. The number of anilines is 1. The van der Waals surface area contributed by atoms with Gasteiger partial charge in [0, 0.05) is 5.56 Å². The Balaban J connectivity index is 2.03. The van der Waals surface area contributed by atoms with E-state index in [1.807, 2.05) is 17.4 Å². The molecule has 1 aromatic carbocycles. The van der Waals surface area contributed by atoms with Crippen LogP contribution >= 0.6 is 0 Å². The summed E-state index contributed by atoms with van der Waals surface area (Å²) in [5.74, 6) is 0.145. The second kappa shape index (κ2) is 4.66. The largest absolute Gasteiger partial charge is 0.382 e. The normalized spacial score (nSPS) is 10.2. The lowest BCUT2D eigenvalue weighted by Crippen LogP contribution is -2.35. The zero-order valence-corrected chi connectivity index (χ0v) is 9.49. The Morgan fingerprint density at radius 2 is 1.83 bits per heavy atom. The molecule has 2 rings (SSSR count). The summed E-state index contributed by atoms with van der Waals surface area (Å²) >= 11 is 0. The highest BCUT2D eigenvalue weighted by Gasteiger charge is 2.08. The third kappa shape index (κ3) is 2.51. The first kappa shape index (κ1) is 11.8. The SMILES string of the molecule is NC(=O)NC(=O)Cc1ccc(-c2[nH][nH]c2N)cc1. The number of urea groups is 1. The van der Waals surface area contributed by atoms with E-state index >= 15 is 0 Å². The first-order valence-corrected chi connectivity index (χ1v) is 5.26. The number of rotatable bonds is 3. The van der Waals surface area contributed by atoms with Crippen LogP contribution in [0.25, 0.3) is 11.3 Å². The van der Waals surface area contributed by atoms with Crippen molar-refractivity contribution in [3.63, 3.8) is 0 Å². The topological polar surface area (TPSA) is 130 Å². The zero-order valence-electron chi connectivity index (χ0n) is 9.49. The van der Waals surface area contributed by atoms with Gasteiger partial charge < -0.3 is 11.5 Å². The highest BCUT2D eigenvalue weighted by atomic mass is 16.2. The van der Waals surface area contributed by atoms with E-state index < -0.39 is 11.9 Å². The molecule has 2 aromatic rings. The molecule has 3 amide bonds. The molecule has 0 saturated heterocycles. The van der Waals surface area contributed by atoms with Crippen molar-refractivity contribution in [3.05, 3.63) is 29.8 Å². The standard InChI is InChI=1S/C11H13N5O2/c12-10-9(15-16-10)7-3-1-6(2-4-7)5-8(17)14-11(13)18/h1-4,15-16H,5,12H2,(H3,13,14,17,18). The van der Waals surface area contributed by atoms with Crippen LogP contribution in [0.1, 0.15) is 5.56 Å². The third-order valence-corrected chi connectivity index (χ3v) is 2.46. The molecule has 7 heteroatoms. The molecule has 0 unspecified atom stereocenters. The summed E-state index contributed by atoms with van der Waals surface area (Å²) in [6.45, 7) is 0.